The number of amides is 1. The Morgan fingerprint density at radius 3 is 2.89 bits per heavy atom. The summed E-state index contributed by atoms with van der Waals surface area (Å²) in [5.74, 6) is 0.260. The Hall–Kier alpha value is -1.35. The molecule has 0 aromatic heterocycles. The van der Waals surface area contributed by atoms with E-state index in [0.717, 1.165) is 26.1 Å². The van der Waals surface area contributed by atoms with Crippen LogP contribution in [0.5, 0.6) is 0 Å². The van der Waals surface area contributed by atoms with Gasteiger partial charge in [-0.3, -0.25) is 4.79 Å². The van der Waals surface area contributed by atoms with Crippen molar-refractivity contribution < 1.29 is 4.79 Å². The van der Waals surface area contributed by atoms with Crippen LogP contribution < -0.4 is 5.32 Å². The number of aryl methyl sites for hydroxylation is 1. The SMILES string of the molecule is CCC(=O)N1CCNC(c2ccccc2CC)C1. The maximum absolute atomic E-state index is 11.8. The van der Waals surface area contributed by atoms with Gasteiger partial charge in [-0.15, -0.1) is 0 Å². The number of benzene rings is 1. The fourth-order valence-electron chi connectivity index (χ4n) is 2.60. The zero-order valence-corrected chi connectivity index (χ0v) is 11.3. The molecule has 1 amide bonds. The molecule has 0 bridgehead atoms. The first-order chi connectivity index (χ1) is 8.76. The first kappa shape index (κ1) is 13.1. The van der Waals surface area contributed by atoms with Crippen molar-refractivity contribution in [2.75, 3.05) is 19.6 Å². The Labute approximate surface area is 109 Å². The van der Waals surface area contributed by atoms with E-state index >= 15 is 0 Å². The molecule has 0 spiro atoms. The van der Waals surface area contributed by atoms with Gasteiger partial charge in [0.15, 0.2) is 0 Å². The van der Waals surface area contributed by atoms with Gasteiger partial charge in [0, 0.05) is 26.1 Å². The molecular formula is C15H22N2O. The Bertz CT molecular complexity index is 417. The normalized spacial score (nSPS) is 19.9. The number of carbonyl (C=O) groups excluding carboxylic acids is 1. The highest BCUT2D eigenvalue weighted by Crippen LogP contribution is 2.22. The van der Waals surface area contributed by atoms with Gasteiger partial charge < -0.3 is 10.2 Å². The lowest BCUT2D eigenvalue weighted by Gasteiger charge is -2.34. The standard InChI is InChI=1S/C15H22N2O/c1-3-12-7-5-6-8-13(12)14-11-17(10-9-16-14)15(18)4-2/h5-8,14,16H,3-4,9-11H2,1-2H3. The van der Waals surface area contributed by atoms with E-state index in [-0.39, 0.29) is 11.9 Å². The fraction of sp³-hybridized carbons (Fsp3) is 0.533. The number of hydrogen-bond acceptors (Lipinski definition) is 2. The number of rotatable bonds is 3. The van der Waals surface area contributed by atoms with Crippen molar-refractivity contribution in [2.45, 2.75) is 32.7 Å². The molecule has 1 N–H and O–H groups in total. The molecule has 1 aliphatic rings. The van der Waals surface area contributed by atoms with E-state index in [0.29, 0.717) is 6.42 Å². The highest BCUT2D eigenvalue weighted by molar-refractivity contribution is 5.76. The molecule has 98 valence electrons. The van der Waals surface area contributed by atoms with E-state index in [1.54, 1.807) is 0 Å². The van der Waals surface area contributed by atoms with Crippen molar-refractivity contribution in [3.8, 4) is 0 Å². The highest BCUT2D eigenvalue weighted by Gasteiger charge is 2.24. The molecule has 2 rings (SSSR count). The third-order valence-corrected chi connectivity index (χ3v) is 3.64. The fourth-order valence-corrected chi connectivity index (χ4v) is 2.60. The van der Waals surface area contributed by atoms with Crippen molar-refractivity contribution in [1.82, 2.24) is 10.2 Å². The van der Waals surface area contributed by atoms with Gasteiger partial charge >= 0.3 is 0 Å². The quantitative estimate of drug-likeness (QED) is 0.886. The van der Waals surface area contributed by atoms with Gasteiger partial charge in [0.2, 0.25) is 5.91 Å². The minimum absolute atomic E-state index is 0.260. The number of nitrogens with zero attached hydrogens (tertiary/aromatic N) is 1. The zero-order valence-electron chi connectivity index (χ0n) is 11.3. The van der Waals surface area contributed by atoms with Gasteiger partial charge in [0.05, 0.1) is 6.04 Å². The van der Waals surface area contributed by atoms with Crippen LogP contribution in [0, 0.1) is 0 Å². The van der Waals surface area contributed by atoms with Crippen molar-refractivity contribution in [3.05, 3.63) is 35.4 Å². The molecule has 0 aliphatic carbocycles. The first-order valence-corrected chi connectivity index (χ1v) is 6.85. The van der Waals surface area contributed by atoms with Crippen molar-refractivity contribution in [3.63, 3.8) is 0 Å². The lowest BCUT2D eigenvalue weighted by molar-refractivity contribution is -0.132. The molecule has 3 heteroatoms. The second kappa shape index (κ2) is 6.01. The maximum Gasteiger partial charge on any atom is 0.222 e. The third kappa shape index (κ3) is 2.72. The molecule has 1 heterocycles. The van der Waals surface area contributed by atoms with Crippen LogP contribution in [0.3, 0.4) is 0 Å². The van der Waals surface area contributed by atoms with Crippen LogP contribution in [0.25, 0.3) is 0 Å². The average molecular weight is 246 g/mol. The van der Waals surface area contributed by atoms with Crippen LogP contribution in [0.2, 0.25) is 0 Å². The second-order valence-electron chi connectivity index (χ2n) is 4.75. The predicted octanol–water partition coefficient (Wildman–Crippen LogP) is 2.13. The van der Waals surface area contributed by atoms with Gasteiger partial charge in [0.1, 0.15) is 0 Å². The Morgan fingerprint density at radius 2 is 2.17 bits per heavy atom. The van der Waals surface area contributed by atoms with E-state index in [1.165, 1.54) is 11.1 Å². The summed E-state index contributed by atoms with van der Waals surface area (Å²) in [5.41, 5.74) is 2.72. The van der Waals surface area contributed by atoms with Crippen LogP contribution in [-0.2, 0) is 11.2 Å². The highest BCUT2D eigenvalue weighted by atomic mass is 16.2. The van der Waals surface area contributed by atoms with E-state index < -0.39 is 0 Å². The molecule has 0 saturated carbocycles. The molecule has 1 atom stereocenters. The van der Waals surface area contributed by atoms with Gasteiger partial charge in [-0.25, -0.2) is 0 Å². The monoisotopic (exact) mass is 246 g/mol. The molecule has 3 nitrogen and oxygen atoms in total. The second-order valence-corrected chi connectivity index (χ2v) is 4.75. The third-order valence-electron chi connectivity index (χ3n) is 3.64. The van der Waals surface area contributed by atoms with Crippen LogP contribution in [0.1, 0.15) is 37.4 Å². The van der Waals surface area contributed by atoms with Gasteiger partial charge in [-0.2, -0.15) is 0 Å². The summed E-state index contributed by atoms with van der Waals surface area (Å²) in [6, 6.07) is 8.80. The summed E-state index contributed by atoms with van der Waals surface area (Å²) in [4.78, 5) is 13.8. The van der Waals surface area contributed by atoms with E-state index in [1.807, 2.05) is 11.8 Å². The molecule has 1 saturated heterocycles. The minimum atomic E-state index is 0.260. The lowest BCUT2D eigenvalue weighted by Crippen LogP contribution is -2.48. The molecule has 1 aliphatic heterocycles. The van der Waals surface area contributed by atoms with Gasteiger partial charge in [0.25, 0.3) is 0 Å². The number of carbonyl (C=O) groups is 1. The first-order valence-electron chi connectivity index (χ1n) is 6.85. The number of nitrogens with one attached hydrogen (secondary N) is 1. The van der Waals surface area contributed by atoms with Gasteiger partial charge in [-0.1, -0.05) is 38.1 Å². The Kier molecular flexibility index (Phi) is 4.37. The molecule has 0 radical (unpaired) electrons. The topological polar surface area (TPSA) is 32.3 Å². The summed E-state index contributed by atoms with van der Waals surface area (Å²) in [7, 11) is 0. The average Bonchev–Trinajstić information content (AvgIpc) is 2.46. The maximum atomic E-state index is 11.8. The van der Waals surface area contributed by atoms with Crippen LogP contribution in [0.4, 0.5) is 0 Å². The molecular weight excluding hydrogens is 224 g/mol. The Morgan fingerprint density at radius 1 is 1.39 bits per heavy atom. The van der Waals surface area contributed by atoms with Crippen molar-refractivity contribution in [1.29, 1.82) is 0 Å². The summed E-state index contributed by atoms with van der Waals surface area (Å²) < 4.78 is 0. The number of piperazine rings is 1. The van der Waals surface area contributed by atoms with E-state index in [2.05, 4.69) is 36.5 Å². The van der Waals surface area contributed by atoms with Crippen LogP contribution >= 0.6 is 0 Å². The zero-order chi connectivity index (χ0) is 13.0. The van der Waals surface area contributed by atoms with Crippen LogP contribution in [0.15, 0.2) is 24.3 Å². The molecule has 1 aromatic rings. The van der Waals surface area contributed by atoms with Crippen molar-refractivity contribution in [2.24, 2.45) is 0 Å². The molecule has 18 heavy (non-hydrogen) atoms. The summed E-state index contributed by atoms with van der Waals surface area (Å²) in [5, 5.41) is 3.53. The van der Waals surface area contributed by atoms with Crippen molar-refractivity contribution >= 4 is 5.91 Å². The number of hydrogen-bond donors (Lipinski definition) is 1. The lowest BCUT2D eigenvalue weighted by atomic mass is 9.97. The van der Waals surface area contributed by atoms with E-state index in [9.17, 15) is 4.79 Å². The predicted molar refractivity (Wildman–Crippen MR) is 73.4 cm³/mol. The largest absolute Gasteiger partial charge is 0.340 e. The summed E-state index contributed by atoms with van der Waals surface area (Å²) in [6.07, 6.45) is 1.64. The van der Waals surface area contributed by atoms with Crippen LogP contribution in [-0.4, -0.2) is 30.4 Å². The molecule has 1 fully saturated rings. The molecule has 1 unspecified atom stereocenters. The van der Waals surface area contributed by atoms with Gasteiger partial charge in [-0.05, 0) is 17.5 Å². The minimum Gasteiger partial charge on any atom is -0.340 e. The Balaban J connectivity index is 2.15. The summed E-state index contributed by atoms with van der Waals surface area (Å²) in [6.45, 7) is 6.62. The van der Waals surface area contributed by atoms with E-state index in [4.69, 9.17) is 0 Å². The summed E-state index contributed by atoms with van der Waals surface area (Å²) >= 11 is 0. The molecule has 1 aromatic carbocycles. The smallest absolute Gasteiger partial charge is 0.222 e.